The van der Waals surface area contributed by atoms with Crippen molar-refractivity contribution in [3.8, 4) is 5.75 Å². The minimum absolute atomic E-state index is 0.0788. The van der Waals surface area contributed by atoms with Crippen molar-refractivity contribution >= 4 is 11.6 Å². The van der Waals surface area contributed by atoms with Crippen LogP contribution >= 0.6 is 0 Å². The summed E-state index contributed by atoms with van der Waals surface area (Å²) in [6.45, 7) is 4.31. The van der Waals surface area contributed by atoms with Gasteiger partial charge in [0, 0.05) is 25.2 Å². The van der Waals surface area contributed by atoms with Crippen molar-refractivity contribution in [3.63, 3.8) is 0 Å². The first-order valence-electron chi connectivity index (χ1n) is 10.2. The average molecular weight is 354 g/mol. The molecular formula is C22H30N2O2. The molecule has 3 heterocycles. The van der Waals surface area contributed by atoms with E-state index in [-0.39, 0.29) is 12.5 Å². The number of nitrogens with zero attached hydrogens (tertiary/aromatic N) is 2. The lowest BCUT2D eigenvalue weighted by molar-refractivity contribution is -0.121. The van der Waals surface area contributed by atoms with Gasteiger partial charge in [-0.25, -0.2) is 0 Å². The van der Waals surface area contributed by atoms with E-state index in [9.17, 15) is 4.79 Å². The van der Waals surface area contributed by atoms with Gasteiger partial charge in [0.15, 0.2) is 6.61 Å². The lowest BCUT2D eigenvalue weighted by Gasteiger charge is -2.37. The summed E-state index contributed by atoms with van der Waals surface area (Å²) in [6, 6.07) is 9.32. The van der Waals surface area contributed by atoms with E-state index in [0.29, 0.717) is 0 Å². The molecule has 1 aromatic carbocycles. The zero-order valence-corrected chi connectivity index (χ0v) is 15.8. The van der Waals surface area contributed by atoms with Crippen molar-refractivity contribution in [1.29, 1.82) is 0 Å². The molecule has 2 atom stereocenters. The van der Waals surface area contributed by atoms with E-state index in [0.717, 1.165) is 43.0 Å². The smallest absolute Gasteiger partial charge is 0.265 e. The van der Waals surface area contributed by atoms with Gasteiger partial charge in [-0.15, -0.1) is 0 Å². The zero-order chi connectivity index (χ0) is 17.9. The first-order chi connectivity index (χ1) is 12.8. The Morgan fingerprint density at radius 2 is 1.92 bits per heavy atom. The number of amides is 1. The number of hydrogen-bond acceptors (Lipinski definition) is 3. The van der Waals surface area contributed by atoms with Gasteiger partial charge in [-0.3, -0.25) is 9.69 Å². The molecule has 26 heavy (non-hydrogen) atoms. The maximum Gasteiger partial charge on any atom is 0.265 e. The van der Waals surface area contributed by atoms with E-state index in [1.54, 1.807) is 5.57 Å². The monoisotopic (exact) mass is 354 g/mol. The Labute approximate surface area is 156 Å². The number of piperidine rings is 1. The minimum Gasteiger partial charge on any atom is -0.482 e. The number of benzene rings is 1. The van der Waals surface area contributed by atoms with Gasteiger partial charge < -0.3 is 9.64 Å². The highest BCUT2D eigenvalue weighted by Gasteiger charge is 2.38. The highest BCUT2D eigenvalue weighted by atomic mass is 16.5. The molecule has 4 nitrogen and oxygen atoms in total. The Morgan fingerprint density at radius 3 is 2.69 bits per heavy atom. The maximum absolute atomic E-state index is 12.3. The predicted molar refractivity (Wildman–Crippen MR) is 105 cm³/mol. The molecule has 1 aromatic rings. The number of allylic oxidation sites excluding steroid dienone is 1. The van der Waals surface area contributed by atoms with Crippen LogP contribution in [0.4, 0.5) is 5.69 Å². The van der Waals surface area contributed by atoms with E-state index >= 15 is 0 Å². The summed E-state index contributed by atoms with van der Waals surface area (Å²) in [5.41, 5.74) is 2.61. The van der Waals surface area contributed by atoms with Crippen LogP contribution in [0.25, 0.3) is 0 Å². The molecule has 0 aliphatic carbocycles. The second-order valence-electron chi connectivity index (χ2n) is 7.84. The van der Waals surface area contributed by atoms with Crippen LogP contribution in [0.1, 0.15) is 51.9 Å². The van der Waals surface area contributed by atoms with Crippen molar-refractivity contribution < 1.29 is 9.53 Å². The van der Waals surface area contributed by atoms with Crippen molar-refractivity contribution in [2.24, 2.45) is 0 Å². The first kappa shape index (κ1) is 17.6. The largest absolute Gasteiger partial charge is 0.482 e. The molecule has 0 spiro atoms. The van der Waals surface area contributed by atoms with Crippen LogP contribution < -0.4 is 9.64 Å². The van der Waals surface area contributed by atoms with Crippen molar-refractivity contribution in [2.75, 3.05) is 24.6 Å². The summed E-state index contributed by atoms with van der Waals surface area (Å²) in [4.78, 5) is 16.9. The van der Waals surface area contributed by atoms with Gasteiger partial charge in [-0.2, -0.15) is 0 Å². The zero-order valence-electron chi connectivity index (χ0n) is 15.8. The number of rotatable bonds is 6. The number of fused-ring (bicyclic) bond motifs is 3. The Hall–Kier alpha value is -1.81. The molecule has 2 bridgehead atoms. The number of ether oxygens (including phenoxy) is 1. The van der Waals surface area contributed by atoms with E-state index in [4.69, 9.17) is 4.74 Å². The Balaban J connectivity index is 1.34. The van der Waals surface area contributed by atoms with E-state index in [2.05, 4.69) is 17.9 Å². The maximum atomic E-state index is 12.3. The Morgan fingerprint density at radius 1 is 1.15 bits per heavy atom. The van der Waals surface area contributed by atoms with Gasteiger partial charge in [-0.1, -0.05) is 37.1 Å². The molecule has 2 unspecified atom stereocenters. The molecule has 0 saturated carbocycles. The van der Waals surface area contributed by atoms with Crippen LogP contribution in [-0.2, 0) is 4.79 Å². The summed E-state index contributed by atoms with van der Waals surface area (Å²) in [6.07, 6.45) is 11.2. The number of carbonyl (C=O) groups is 1. The third kappa shape index (κ3) is 3.52. The molecule has 4 rings (SSSR count). The summed E-state index contributed by atoms with van der Waals surface area (Å²) in [5, 5.41) is 0. The molecule has 0 aromatic heterocycles. The van der Waals surface area contributed by atoms with E-state index < -0.39 is 0 Å². The highest BCUT2D eigenvalue weighted by molar-refractivity contribution is 5.97. The quantitative estimate of drug-likeness (QED) is 0.719. The van der Waals surface area contributed by atoms with Gasteiger partial charge in [-0.05, 0) is 50.7 Å². The summed E-state index contributed by atoms with van der Waals surface area (Å²) >= 11 is 0. The lowest BCUT2D eigenvalue weighted by atomic mass is 9.95. The highest BCUT2D eigenvalue weighted by Crippen LogP contribution is 2.39. The van der Waals surface area contributed by atoms with Gasteiger partial charge in [0.1, 0.15) is 5.75 Å². The molecular weight excluding hydrogens is 324 g/mol. The van der Waals surface area contributed by atoms with Gasteiger partial charge in [0.2, 0.25) is 0 Å². The Kier molecular flexibility index (Phi) is 5.30. The molecule has 3 aliphatic heterocycles. The third-order valence-corrected chi connectivity index (χ3v) is 6.09. The standard InChI is InChI=1S/C22H30N2O2/c1-2-3-7-17-14-18-10-11-19(15-17)23(18)12-6-13-24-20-8-4-5-9-21(20)26-16-22(24)25/h4-5,7-9,18-19H,2-3,6,10-16H2,1H3. The van der Waals surface area contributed by atoms with Crippen molar-refractivity contribution in [3.05, 3.63) is 35.9 Å². The summed E-state index contributed by atoms with van der Waals surface area (Å²) < 4.78 is 5.54. The number of hydrogen-bond donors (Lipinski definition) is 0. The first-order valence-corrected chi connectivity index (χ1v) is 10.2. The predicted octanol–water partition coefficient (Wildman–Crippen LogP) is 4.16. The van der Waals surface area contributed by atoms with Crippen LogP contribution in [0.15, 0.2) is 35.9 Å². The fraction of sp³-hybridized carbons (Fsp3) is 0.591. The molecule has 2 fully saturated rings. The van der Waals surface area contributed by atoms with Crippen molar-refractivity contribution in [1.82, 2.24) is 4.90 Å². The van der Waals surface area contributed by atoms with Gasteiger partial charge in [0.25, 0.3) is 5.91 Å². The SMILES string of the molecule is CCCC=C1CC2CCC(C1)N2CCCN1C(=O)COc2ccccc21. The Bertz CT molecular complexity index is 668. The summed E-state index contributed by atoms with van der Waals surface area (Å²) in [7, 11) is 0. The normalized spacial score (nSPS) is 25.2. The van der Waals surface area contributed by atoms with Gasteiger partial charge >= 0.3 is 0 Å². The summed E-state index contributed by atoms with van der Waals surface area (Å²) in [5.74, 6) is 0.908. The number of para-hydroxylation sites is 2. The fourth-order valence-corrected chi connectivity index (χ4v) is 4.83. The minimum atomic E-state index is 0.0788. The van der Waals surface area contributed by atoms with Crippen LogP contribution in [0.5, 0.6) is 5.75 Å². The molecule has 140 valence electrons. The number of carbonyl (C=O) groups excluding carboxylic acids is 1. The molecule has 4 heteroatoms. The number of anilines is 1. The van der Waals surface area contributed by atoms with Crippen LogP contribution in [0, 0.1) is 0 Å². The molecule has 3 aliphatic rings. The molecule has 2 saturated heterocycles. The lowest BCUT2D eigenvalue weighted by Crippen LogP contribution is -2.44. The molecule has 1 amide bonds. The van der Waals surface area contributed by atoms with Gasteiger partial charge in [0.05, 0.1) is 5.69 Å². The van der Waals surface area contributed by atoms with Crippen LogP contribution in [-0.4, -0.2) is 42.6 Å². The van der Waals surface area contributed by atoms with Crippen LogP contribution in [0.2, 0.25) is 0 Å². The third-order valence-electron chi connectivity index (χ3n) is 6.09. The second-order valence-corrected chi connectivity index (χ2v) is 7.84. The average Bonchev–Trinajstić information content (AvgIpc) is 2.90. The van der Waals surface area contributed by atoms with E-state index in [1.807, 2.05) is 29.2 Å². The van der Waals surface area contributed by atoms with Crippen molar-refractivity contribution in [2.45, 2.75) is 64.0 Å². The molecule has 0 radical (unpaired) electrons. The topological polar surface area (TPSA) is 32.8 Å². The number of unbranched alkanes of at least 4 members (excludes halogenated alkanes) is 1. The van der Waals surface area contributed by atoms with E-state index in [1.165, 1.54) is 38.5 Å². The second kappa shape index (κ2) is 7.83. The van der Waals surface area contributed by atoms with Crippen LogP contribution in [0.3, 0.4) is 0 Å². The molecule has 0 N–H and O–H groups in total. The fourth-order valence-electron chi connectivity index (χ4n) is 4.83.